The number of hydrogen-bond donors (Lipinski definition) is 0. The van der Waals surface area contributed by atoms with Crippen molar-refractivity contribution in [2.75, 3.05) is 13.2 Å². The van der Waals surface area contributed by atoms with Crippen LogP contribution in [0.15, 0.2) is 72.8 Å². The van der Waals surface area contributed by atoms with Crippen LogP contribution in [0.25, 0.3) is 22.2 Å². The monoisotopic (exact) mass is 436 g/mol. The average Bonchev–Trinajstić information content (AvgIpc) is 3.52. The van der Waals surface area contributed by atoms with E-state index in [1.54, 1.807) is 0 Å². The summed E-state index contributed by atoms with van der Waals surface area (Å²) < 4.78 is 8.25. The third kappa shape index (κ3) is 3.20. The van der Waals surface area contributed by atoms with Gasteiger partial charge in [0.05, 0.1) is 17.8 Å². The van der Waals surface area contributed by atoms with Crippen LogP contribution in [0.5, 0.6) is 0 Å². The second-order valence-electron chi connectivity index (χ2n) is 9.29. The fourth-order valence-electron chi connectivity index (χ4n) is 5.64. The minimum atomic E-state index is -0.139. The van der Waals surface area contributed by atoms with Gasteiger partial charge in [0, 0.05) is 42.2 Å². The van der Waals surface area contributed by atoms with Crippen molar-refractivity contribution in [2.45, 2.75) is 31.9 Å². The molecule has 0 bridgehead atoms. The number of nitrogens with zero attached hydrogens (tertiary/aromatic N) is 2. The van der Waals surface area contributed by atoms with E-state index in [1.807, 2.05) is 18.2 Å². The number of rotatable bonds is 4. The summed E-state index contributed by atoms with van der Waals surface area (Å²) in [7, 11) is 2.13. The standard InChI is InChI=1S/C29H28N2O2/c1-19-13-15-20(16-14-19)27-26(24-11-5-6-12-25(24)30(27)2)28-22-9-3-4-10-23(22)29(32)31(28)18-21-8-7-17-33-21/h3-6,9-16,21,28H,7-8,17-18H2,1-2H3/t21-,28+/m1/s1. The highest BCUT2D eigenvalue weighted by Gasteiger charge is 2.41. The zero-order valence-electron chi connectivity index (χ0n) is 19.1. The van der Waals surface area contributed by atoms with Crippen molar-refractivity contribution in [1.29, 1.82) is 0 Å². The summed E-state index contributed by atoms with van der Waals surface area (Å²) in [4.78, 5) is 15.7. The van der Waals surface area contributed by atoms with Crippen LogP contribution < -0.4 is 0 Å². The third-order valence-corrected chi connectivity index (χ3v) is 7.23. The van der Waals surface area contributed by atoms with Crippen molar-refractivity contribution >= 4 is 16.8 Å². The maximum absolute atomic E-state index is 13.7. The van der Waals surface area contributed by atoms with Crippen molar-refractivity contribution in [3.8, 4) is 11.3 Å². The summed E-state index contributed by atoms with van der Waals surface area (Å²) >= 11 is 0. The molecule has 4 aromatic rings. The average molecular weight is 437 g/mol. The van der Waals surface area contributed by atoms with E-state index in [-0.39, 0.29) is 18.1 Å². The molecule has 6 rings (SSSR count). The molecule has 0 unspecified atom stereocenters. The highest BCUT2D eigenvalue weighted by atomic mass is 16.5. The molecule has 2 atom stereocenters. The Morgan fingerprint density at radius 2 is 1.73 bits per heavy atom. The fourth-order valence-corrected chi connectivity index (χ4v) is 5.64. The maximum atomic E-state index is 13.7. The van der Waals surface area contributed by atoms with Gasteiger partial charge in [-0.3, -0.25) is 4.79 Å². The number of aryl methyl sites for hydroxylation is 2. The molecule has 2 aliphatic heterocycles. The summed E-state index contributed by atoms with van der Waals surface area (Å²) in [6.45, 7) is 3.52. The predicted octanol–water partition coefficient (Wildman–Crippen LogP) is 5.88. The van der Waals surface area contributed by atoms with Gasteiger partial charge in [0.1, 0.15) is 0 Å². The van der Waals surface area contributed by atoms with E-state index >= 15 is 0 Å². The fraction of sp³-hybridized carbons (Fsp3) is 0.276. The number of fused-ring (bicyclic) bond motifs is 2. The van der Waals surface area contributed by atoms with Gasteiger partial charge in [-0.25, -0.2) is 0 Å². The van der Waals surface area contributed by atoms with E-state index < -0.39 is 0 Å². The second kappa shape index (κ2) is 7.89. The number of aromatic nitrogens is 1. The summed E-state index contributed by atoms with van der Waals surface area (Å²) in [5.74, 6) is 0.105. The van der Waals surface area contributed by atoms with Crippen LogP contribution in [-0.2, 0) is 11.8 Å². The summed E-state index contributed by atoms with van der Waals surface area (Å²) in [5.41, 5.74) is 7.85. The lowest BCUT2D eigenvalue weighted by Crippen LogP contribution is -2.36. The first-order valence-electron chi connectivity index (χ1n) is 11.8. The second-order valence-corrected chi connectivity index (χ2v) is 9.29. The van der Waals surface area contributed by atoms with Crippen LogP contribution in [0.2, 0.25) is 0 Å². The summed E-state index contributed by atoms with van der Waals surface area (Å²) in [6, 6.07) is 25.2. The topological polar surface area (TPSA) is 34.5 Å². The minimum absolute atomic E-state index is 0.101. The Labute approximate surface area is 194 Å². The van der Waals surface area contributed by atoms with Crippen LogP contribution in [-0.4, -0.2) is 34.6 Å². The van der Waals surface area contributed by atoms with Gasteiger partial charge in [-0.1, -0.05) is 66.2 Å². The molecule has 0 N–H and O–H groups in total. The lowest BCUT2D eigenvalue weighted by Gasteiger charge is -2.29. The first-order chi connectivity index (χ1) is 16.1. The Balaban J connectivity index is 1.61. The van der Waals surface area contributed by atoms with E-state index in [0.717, 1.165) is 30.6 Å². The van der Waals surface area contributed by atoms with E-state index in [9.17, 15) is 4.79 Å². The molecule has 166 valence electrons. The van der Waals surface area contributed by atoms with Crippen LogP contribution >= 0.6 is 0 Å². The number of carbonyl (C=O) groups excluding carboxylic acids is 1. The molecule has 3 aromatic carbocycles. The van der Waals surface area contributed by atoms with Crippen LogP contribution in [0.3, 0.4) is 0 Å². The van der Waals surface area contributed by atoms with Gasteiger partial charge in [0.2, 0.25) is 0 Å². The minimum Gasteiger partial charge on any atom is -0.376 e. The largest absolute Gasteiger partial charge is 0.376 e. The number of hydrogen-bond acceptors (Lipinski definition) is 2. The number of benzene rings is 3. The summed E-state index contributed by atoms with van der Waals surface area (Å²) in [5, 5.41) is 1.20. The van der Waals surface area contributed by atoms with Gasteiger partial charge < -0.3 is 14.2 Å². The Bertz CT molecular complexity index is 1350. The summed E-state index contributed by atoms with van der Waals surface area (Å²) in [6.07, 6.45) is 2.17. The van der Waals surface area contributed by atoms with Gasteiger partial charge in [-0.15, -0.1) is 0 Å². The number of para-hydroxylation sites is 1. The third-order valence-electron chi connectivity index (χ3n) is 7.23. The lowest BCUT2D eigenvalue weighted by atomic mass is 9.93. The zero-order chi connectivity index (χ0) is 22.5. The first kappa shape index (κ1) is 20.3. The maximum Gasteiger partial charge on any atom is 0.255 e. The smallest absolute Gasteiger partial charge is 0.255 e. The van der Waals surface area contributed by atoms with Gasteiger partial charge in [0.15, 0.2) is 0 Å². The van der Waals surface area contributed by atoms with E-state index in [0.29, 0.717) is 6.54 Å². The molecule has 0 spiro atoms. The molecule has 0 aliphatic carbocycles. The van der Waals surface area contributed by atoms with E-state index in [1.165, 1.54) is 33.3 Å². The van der Waals surface area contributed by atoms with Crippen molar-refractivity contribution in [3.63, 3.8) is 0 Å². The Kier molecular flexibility index (Phi) is 4.84. The van der Waals surface area contributed by atoms with E-state index in [2.05, 4.69) is 78.0 Å². The highest BCUT2D eigenvalue weighted by Crippen LogP contribution is 2.46. The van der Waals surface area contributed by atoms with Gasteiger partial charge in [-0.05, 0) is 43.0 Å². The van der Waals surface area contributed by atoms with E-state index in [4.69, 9.17) is 4.74 Å². The predicted molar refractivity (Wildman–Crippen MR) is 131 cm³/mol. The van der Waals surface area contributed by atoms with Crippen LogP contribution in [0.4, 0.5) is 0 Å². The quantitative estimate of drug-likeness (QED) is 0.400. The van der Waals surface area contributed by atoms with Gasteiger partial charge in [-0.2, -0.15) is 0 Å². The molecule has 3 heterocycles. The number of ether oxygens (including phenoxy) is 1. The SMILES string of the molecule is Cc1ccc(-c2c([C@@H]3c4ccccc4C(=O)N3C[C@H]3CCCO3)c3ccccc3n2C)cc1. The molecule has 1 fully saturated rings. The Hall–Kier alpha value is -3.37. The normalized spacial score (nSPS) is 20.1. The molecule has 4 nitrogen and oxygen atoms in total. The molecular weight excluding hydrogens is 408 g/mol. The molecule has 0 radical (unpaired) electrons. The molecule has 1 aromatic heterocycles. The molecule has 4 heteroatoms. The number of carbonyl (C=O) groups is 1. The van der Waals surface area contributed by atoms with Crippen molar-refractivity contribution in [2.24, 2.45) is 7.05 Å². The Morgan fingerprint density at radius 3 is 2.52 bits per heavy atom. The van der Waals surface area contributed by atoms with Gasteiger partial charge >= 0.3 is 0 Å². The number of amides is 1. The zero-order valence-corrected chi connectivity index (χ0v) is 19.1. The highest BCUT2D eigenvalue weighted by molar-refractivity contribution is 6.02. The van der Waals surface area contributed by atoms with Crippen molar-refractivity contribution in [1.82, 2.24) is 9.47 Å². The lowest BCUT2D eigenvalue weighted by molar-refractivity contribution is 0.0501. The van der Waals surface area contributed by atoms with Crippen LogP contribution in [0, 0.1) is 6.92 Å². The molecule has 0 saturated carbocycles. The molecule has 1 amide bonds. The van der Waals surface area contributed by atoms with Crippen molar-refractivity contribution < 1.29 is 9.53 Å². The van der Waals surface area contributed by atoms with Crippen molar-refractivity contribution in [3.05, 3.63) is 95.1 Å². The van der Waals surface area contributed by atoms with Crippen LogP contribution in [0.1, 0.15) is 45.9 Å². The Morgan fingerprint density at radius 1 is 0.970 bits per heavy atom. The molecule has 1 saturated heterocycles. The first-order valence-corrected chi connectivity index (χ1v) is 11.8. The van der Waals surface area contributed by atoms with Gasteiger partial charge in [0.25, 0.3) is 5.91 Å². The molecule has 33 heavy (non-hydrogen) atoms. The molecule has 2 aliphatic rings. The molecular formula is C29H28N2O2.